The van der Waals surface area contributed by atoms with Crippen LogP contribution in [0.3, 0.4) is 0 Å². The highest BCUT2D eigenvalue weighted by atomic mass is 32.1. The van der Waals surface area contributed by atoms with Crippen LogP contribution < -0.4 is 5.73 Å². The number of thiol groups is 1. The molecule has 2 nitrogen and oxygen atoms in total. The number of rotatable bonds is 1. The SMILES string of the molecule is N#CCc1ccc(N)c(S)c1. The molecule has 0 aliphatic heterocycles. The van der Waals surface area contributed by atoms with Gasteiger partial charge in [-0.3, -0.25) is 0 Å². The zero-order chi connectivity index (χ0) is 8.27. The molecule has 0 amide bonds. The largest absolute Gasteiger partial charge is 0.398 e. The average Bonchev–Trinajstić information content (AvgIpc) is 1.98. The van der Waals surface area contributed by atoms with Crippen LogP contribution in [0.2, 0.25) is 0 Å². The molecule has 0 spiro atoms. The lowest BCUT2D eigenvalue weighted by molar-refractivity contribution is 1.24. The second kappa shape index (κ2) is 3.31. The van der Waals surface area contributed by atoms with Gasteiger partial charge >= 0.3 is 0 Å². The summed E-state index contributed by atoms with van der Waals surface area (Å²) >= 11 is 4.13. The van der Waals surface area contributed by atoms with Gasteiger partial charge in [0.2, 0.25) is 0 Å². The molecule has 0 fully saturated rings. The van der Waals surface area contributed by atoms with Crippen LogP contribution in [0, 0.1) is 11.3 Å². The Morgan fingerprint density at radius 1 is 1.55 bits per heavy atom. The molecular weight excluding hydrogens is 156 g/mol. The van der Waals surface area contributed by atoms with Gasteiger partial charge in [0.15, 0.2) is 0 Å². The maximum atomic E-state index is 8.37. The van der Waals surface area contributed by atoms with Gasteiger partial charge in [-0.05, 0) is 17.7 Å². The van der Waals surface area contributed by atoms with E-state index >= 15 is 0 Å². The van der Waals surface area contributed by atoms with E-state index in [-0.39, 0.29) is 0 Å². The van der Waals surface area contributed by atoms with Crippen LogP contribution in [0.25, 0.3) is 0 Å². The third-order valence-electron chi connectivity index (χ3n) is 1.38. The molecule has 56 valence electrons. The summed E-state index contributed by atoms with van der Waals surface area (Å²) in [4.78, 5) is 0.734. The summed E-state index contributed by atoms with van der Waals surface area (Å²) in [5.41, 5.74) is 7.12. The second-order valence-electron chi connectivity index (χ2n) is 2.23. The summed E-state index contributed by atoms with van der Waals surface area (Å²) in [6.07, 6.45) is 0.411. The first-order chi connectivity index (χ1) is 5.24. The van der Waals surface area contributed by atoms with Crippen molar-refractivity contribution < 1.29 is 0 Å². The third kappa shape index (κ3) is 1.89. The number of nitrogens with zero attached hydrogens (tertiary/aromatic N) is 1. The van der Waals surface area contributed by atoms with Gasteiger partial charge in [0.25, 0.3) is 0 Å². The predicted molar refractivity (Wildman–Crippen MR) is 47.4 cm³/mol. The Morgan fingerprint density at radius 2 is 2.27 bits per heavy atom. The van der Waals surface area contributed by atoms with E-state index in [1.165, 1.54) is 0 Å². The van der Waals surface area contributed by atoms with Crippen LogP contribution in [0.4, 0.5) is 5.69 Å². The van der Waals surface area contributed by atoms with Crippen molar-refractivity contribution in [2.24, 2.45) is 0 Å². The normalized spacial score (nSPS) is 9.09. The van der Waals surface area contributed by atoms with Gasteiger partial charge in [-0.1, -0.05) is 6.07 Å². The molecule has 2 N–H and O–H groups in total. The Hall–Kier alpha value is -1.14. The van der Waals surface area contributed by atoms with Gasteiger partial charge in [0, 0.05) is 10.6 Å². The number of benzene rings is 1. The number of nitriles is 1. The average molecular weight is 164 g/mol. The van der Waals surface area contributed by atoms with Crippen molar-refractivity contribution in [1.29, 1.82) is 5.26 Å². The van der Waals surface area contributed by atoms with E-state index in [1.54, 1.807) is 6.07 Å². The first-order valence-corrected chi connectivity index (χ1v) is 3.63. The van der Waals surface area contributed by atoms with Crippen LogP contribution >= 0.6 is 12.6 Å². The summed E-state index contributed by atoms with van der Waals surface area (Å²) < 4.78 is 0. The Morgan fingerprint density at radius 3 is 2.82 bits per heavy atom. The molecule has 0 radical (unpaired) electrons. The van der Waals surface area contributed by atoms with Crippen LogP contribution in [0.5, 0.6) is 0 Å². The third-order valence-corrected chi connectivity index (χ3v) is 1.77. The minimum absolute atomic E-state index is 0.411. The Kier molecular flexibility index (Phi) is 2.40. The fourth-order valence-corrected chi connectivity index (χ4v) is 1.03. The second-order valence-corrected chi connectivity index (χ2v) is 2.71. The molecule has 0 aliphatic carbocycles. The molecule has 0 aromatic heterocycles. The van der Waals surface area contributed by atoms with Crippen molar-refractivity contribution in [3.8, 4) is 6.07 Å². The Bertz CT molecular complexity index is 301. The Labute approximate surface area is 71.0 Å². The Balaban J connectivity index is 2.98. The standard InChI is InChI=1S/C8H8N2S/c9-4-3-6-1-2-7(10)8(11)5-6/h1-2,5,11H,3,10H2. The highest BCUT2D eigenvalue weighted by Gasteiger charge is 1.95. The maximum absolute atomic E-state index is 8.37. The van der Waals surface area contributed by atoms with E-state index in [2.05, 4.69) is 18.7 Å². The summed E-state index contributed by atoms with van der Waals surface area (Å²) in [5.74, 6) is 0. The van der Waals surface area contributed by atoms with Crippen LogP contribution in [0.1, 0.15) is 5.56 Å². The van der Waals surface area contributed by atoms with Gasteiger partial charge in [-0.15, -0.1) is 12.6 Å². The number of nitrogens with two attached hydrogens (primary N) is 1. The lowest BCUT2D eigenvalue weighted by Gasteiger charge is -1.99. The number of hydrogen-bond donors (Lipinski definition) is 2. The zero-order valence-electron chi connectivity index (χ0n) is 5.91. The van der Waals surface area contributed by atoms with E-state index in [0.717, 1.165) is 10.5 Å². The molecule has 0 saturated heterocycles. The minimum Gasteiger partial charge on any atom is -0.398 e. The molecule has 0 heterocycles. The number of anilines is 1. The fourth-order valence-electron chi connectivity index (χ4n) is 0.790. The van der Waals surface area contributed by atoms with E-state index < -0.39 is 0 Å². The summed E-state index contributed by atoms with van der Waals surface area (Å²) in [5, 5.41) is 8.37. The van der Waals surface area contributed by atoms with Gasteiger partial charge in [0.05, 0.1) is 12.5 Å². The van der Waals surface area contributed by atoms with Crippen LogP contribution in [0.15, 0.2) is 23.1 Å². The van der Waals surface area contributed by atoms with Crippen LogP contribution in [-0.4, -0.2) is 0 Å². The van der Waals surface area contributed by atoms with Crippen molar-refractivity contribution in [1.82, 2.24) is 0 Å². The quantitative estimate of drug-likeness (QED) is 0.489. The number of nitrogen functional groups attached to an aromatic ring is 1. The van der Waals surface area contributed by atoms with Crippen molar-refractivity contribution in [3.63, 3.8) is 0 Å². The predicted octanol–water partition coefficient (Wildman–Crippen LogP) is 1.62. The van der Waals surface area contributed by atoms with E-state index in [4.69, 9.17) is 11.0 Å². The van der Waals surface area contributed by atoms with Crippen LogP contribution in [-0.2, 0) is 6.42 Å². The minimum atomic E-state index is 0.411. The zero-order valence-corrected chi connectivity index (χ0v) is 6.81. The molecule has 1 aromatic carbocycles. The van der Waals surface area contributed by atoms with Crippen molar-refractivity contribution in [2.45, 2.75) is 11.3 Å². The maximum Gasteiger partial charge on any atom is 0.0669 e. The van der Waals surface area contributed by atoms with Crippen molar-refractivity contribution >= 4 is 18.3 Å². The first kappa shape index (κ1) is 7.96. The summed E-state index contributed by atoms with van der Waals surface area (Å²) in [6.45, 7) is 0. The van der Waals surface area contributed by atoms with Crippen molar-refractivity contribution in [2.75, 3.05) is 5.73 Å². The topological polar surface area (TPSA) is 49.8 Å². The van der Waals surface area contributed by atoms with Gasteiger partial charge in [-0.2, -0.15) is 5.26 Å². The highest BCUT2D eigenvalue weighted by Crippen LogP contribution is 2.17. The highest BCUT2D eigenvalue weighted by molar-refractivity contribution is 7.80. The molecule has 1 rings (SSSR count). The smallest absolute Gasteiger partial charge is 0.0669 e. The van der Waals surface area contributed by atoms with Gasteiger partial charge in [0.1, 0.15) is 0 Å². The first-order valence-electron chi connectivity index (χ1n) is 3.18. The van der Waals surface area contributed by atoms with E-state index in [0.29, 0.717) is 12.1 Å². The fraction of sp³-hybridized carbons (Fsp3) is 0.125. The summed E-state index contributed by atoms with van der Waals surface area (Å²) in [6, 6.07) is 7.45. The van der Waals surface area contributed by atoms with E-state index in [1.807, 2.05) is 12.1 Å². The molecule has 0 aliphatic rings. The summed E-state index contributed by atoms with van der Waals surface area (Å²) in [7, 11) is 0. The molecule has 0 bridgehead atoms. The van der Waals surface area contributed by atoms with E-state index in [9.17, 15) is 0 Å². The monoisotopic (exact) mass is 164 g/mol. The molecule has 11 heavy (non-hydrogen) atoms. The van der Waals surface area contributed by atoms with Gasteiger partial charge < -0.3 is 5.73 Å². The molecule has 0 atom stereocenters. The molecule has 0 saturated carbocycles. The van der Waals surface area contributed by atoms with Gasteiger partial charge in [-0.25, -0.2) is 0 Å². The lowest BCUT2D eigenvalue weighted by Crippen LogP contribution is -1.88. The lowest BCUT2D eigenvalue weighted by atomic mass is 10.1. The number of hydrogen-bond acceptors (Lipinski definition) is 3. The molecular formula is C8H8N2S. The molecule has 1 aromatic rings. The molecule has 0 unspecified atom stereocenters. The molecule has 3 heteroatoms. The van der Waals surface area contributed by atoms with Crippen molar-refractivity contribution in [3.05, 3.63) is 23.8 Å².